The normalized spacial score (nSPS) is 12.9. The van der Waals surface area contributed by atoms with Gasteiger partial charge in [-0.2, -0.15) is 0 Å². The lowest BCUT2D eigenvalue weighted by atomic mass is 10.2. The number of aromatic nitrogens is 2. The van der Waals surface area contributed by atoms with E-state index in [1.54, 1.807) is 18.0 Å². The Bertz CT molecular complexity index is 293. The first-order valence-electron chi connectivity index (χ1n) is 4.41. The Balaban J connectivity index is 2.66. The summed E-state index contributed by atoms with van der Waals surface area (Å²) in [6.07, 6.45) is 3.76. The number of nitrogens with zero attached hydrogens (tertiary/aromatic N) is 2. The van der Waals surface area contributed by atoms with Crippen LogP contribution in [0.4, 0.5) is 5.82 Å². The second-order valence-electron chi connectivity index (χ2n) is 3.22. The predicted molar refractivity (Wildman–Crippen MR) is 70.1 cm³/mol. The molecule has 0 fully saturated rings. The highest BCUT2D eigenvalue weighted by molar-refractivity contribution is 14.1. The maximum Gasteiger partial charge on any atom is 0.189 e. The van der Waals surface area contributed by atoms with Crippen LogP contribution in [-0.4, -0.2) is 20.3 Å². The van der Waals surface area contributed by atoms with Crippen molar-refractivity contribution in [2.45, 2.75) is 23.1 Å². The van der Waals surface area contributed by atoms with Gasteiger partial charge >= 0.3 is 0 Å². The van der Waals surface area contributed by atoms with Crippen molar-refractivity contribution in [1.29, 1.82) is 0 Å². The van der Waals surface area contributed by atoms with Crippen molar-refractivity contribution in [3.63, 3.8) is 0 Å². The number of hydrogen-bond acceptors (Lipinski definition) is 4. The Morgan fingerprint density at radius 1 is 1.50 bits per heavy atom. The van der Waals surface area contributed by atoms with Gasteiger partial charge in [-0.25, -0.2) is 9.97 Å². The second kappa shape index (κ2) is 5.75. The van der Waals surface area contributed by atoms with Crippen LogP contribution >= 0.6 is 34.4 Å². The summed E-state index contributed by atoms with van der Waals surface area (Å²) >= 11 is 3.93. The molecule has 78 valence electrons. The molecular formula is C9H14IN3S. The zero-order valence-corrected chi connectivity index (χ0v) is 11.5. The van der Waals surface area contributed by atoms with Crippen molar-refractivity contribution in [2.75, 3.05) is 11.6 Å². The van der Waals surface area contributed by atoms with Gasteiger partial charge in [0.05, 0.1) is 4.05 Å². The van der Waals surface area contributed by atoms with E-state index in [-0.39, 0.29) is 0 Å². The zero-order chi connectivity index (χ0) is 10.6. The third-order valence-electron chi connectivity index (χ3n) is 1.69. The van der Waals surface area contributed by atoms with E-state index >= 15 is 0 Å². The third kappa shape index (κ3) is 3.61. The average Bonchev–Trinajstić information content (AvgIpc) is 2.18. The maximum atomic E-state index is 4.35. The smallest absolute Gasteiger partial charge is 0.189 e. The SMILES string of the molecule is CSc1nccc(N[C@H](I)C(C)C)n1. The number of halogens is 1. The quantitative estimate of drug-likeness (QED) is 0.304. The van der Waals surface area contributed by atoms with Gasteiger partial charge in [0.1, 0.15) is 5.82 Å². The average molecular weight is 323 g/mol. The largest absolute Gasteiger partial charge is 0.358 e. The topological polar surface area (TPSA) is 37.8 Å². The van der Waals surface area contributed by atoms with Gasteiger partial charge in [0.15, 0.2) is 5.16 Å². The summed E-state index contributed by atoms with van der Waals surface area (Å²) in [5, 5.41) is 4.15. The fourth-order valence-electron chi connectivity index (χ4n) is 0.827. The first-order chi connectivity index (χ1) is 6.63. The monoisotopic (exact) mass is 323 g/mol. The first-order valence-corrected chi connectivity index (χ1v) is 6.88. The Morgan fingerprint density at radius 3 is 2.79 bits per heavy atom. The van der Waals surface area contributed by atoms with Gasteiger partial charge in [0.2, 0.25) is 0 Å². The van der Waals surface area contributed by atoms with Crippen molar-refractivity contribution >= 4 is 40.2 Å². The van der Waals surface area contributed by atoms with E-state index in [0.717, 1.165) is 11.0 Å². The van der Waals surface area contributed by atoms with Crippen LogP contribution in [0.5, 0.6) is 0 Å². The van der Waals surface area contributed by atoms with Crippen LogP contribution in [0.3, 0.4) is 0 Å². The van der Waals surface area contributed by atoms with Crippen LogP contribution in [0.25, 0.3) is 0 Å². The fraction of sp³-hybridized carbons (Fsp3) is 0.556. The number of hydrogen-bond donors (Lipinski definition) is 1. The standard InChI is InChI=1S/C9H14IN3S/c1-6(2)8(10)12-7-4-5-11-9(13-7)14-3/h4-6,8H,1-3H3,(H,11,12,13)/t8-/m0/s1. The number of alkyl halides is 1. The van der Waals surface area contributed by atoms with Crippen molar-refractivity contribution in [1.82, 2.24) is 9.97 Å². The number of nitrogens with one attached hydrogen (secondary N) is 1. The highest BCUT2D eigenvalue weighted by atomic mass is 127. The van der Waals surface area contributed by atoms with Crippen molar-refractivity contribution in [2.24, 2.45) is 5.92 Å². The molecule has 0 unspecified atom stereocenters. The summed E-state index contributed by atoms with van der Waals surface area (Å²) in [5.41, 5.74) is 0. The van der Waals surface area contributed by atoms with Gasteiger partial charge in [0.25, 0.3) is 0 Å². The summed E-state index contributed by atoms with van der Waals surface area (Å²) in [5.74, 6) is 1.49. The first kappa shape index (κ1) is 12.0. The molecule has 5 heteroatoms. The van der Waals surface area contributed by atoms with Crippen molar-refractivity contribution in [3.05, 3.63) is 12.3 Å². The highest BCUT2D eigenvalue weighted by Gasteiger charge is 2.09. The molecule has 1 aromatic heterocycles. The molecule has 0 amide bonds. The van der Waals surface area contributed by atoms with Gasteiger partial charge in [-0.05, 0) is 18.2 Å². The van der Waals surface area contributed by atoms with E-state index < -0.39 is 0 Å². The molecule has 1 N–H and O–H groups in total. The minimum atomic E-state index is 0.400. The Kier molecular flexibility index (Phi) is 4.94. The number of thioether (sulfide) groups is 1. The third-order valence-corrected chi connectivity index (χ3v) is 4.00. The minimum Gasteiger partial charge on any atom is -0.358 e. The van der Waals surface area contributed by atoms with Crippen LogP contribution in [0.2, 0.25) is 0 Å². The lowest BCUT2D eigenvalue weighted by Gasteiger charge is -2.16. The summed E-state index contributed by atoms with van der Waals surface area (Å²) in [4.78, 5) is 8.47. The molecule has 1 rings (SSSR count). The van der Waals surface area contributed by atoms with Gasteiger partial charge in [-0.3, -0.25) is 0 Å². The predicted octanol–water partition coefficient (Wildman–Crippen LogP) is 3.03. The molecule has 0 saturated carbocycles. The second-order valence-corrected chi connectivity index (χ2v) is 5.33. The fourth-order valence-corrected chi connectivity index (χ4v) is 1.50. The zero-order valence-electron chi connectivity index (χ0n) is 8.49. The van der Waals surface area contributed by atoms with E-state index in [1.807, 2.05) is 12.3 Å². The Morgan fingerprint density at radius 2 is 2.21 bits per heavy atom. The highest BCUT2D eigenvalue weighted by Crippen LogP contribution is 2.17. The van der Waals surface area contributed by atoms with Gasteiger partial charge in [-0.15, -0.1) is 0 Å². The van der Waals surface area contributed by atoms with Crippen molar-refractivity contribution in [3.8, 4) is 0 Å². The molecule has 0 aromatic carbocycles. The number of anilines is 1. The van der Waals surface area contributed by atoms with E-state index in [4.69, 9.17) is 0 Å². The van der Waals surface area contributed by atoms with Crippen molar-refractivity contribution < 1.29 is 0 Å². The van der Waals surface area contributed by atoms with Gasteiger partial charge < -0.3 is 5.32 Å². The minimum absolute atomic E-state index is 0.400. The van der Waals surface area contributed by atoms with Gasteiger partial charge in [0, 0.05) is 6.20 Å². The maximum absolute atomic E-state index is 4.35. The molecule has 3 nitrogen and oxygen atoms in total. The van der Waals surface area contributed by atoms with Crippen LogP contribution in [-0.2, 0) is 0 Å². The molecule has 0 aliphatic rings. The van der Waals surface area contributed by atoms with E-state index in [9.17, 15) is 0 Å². The molecule has 1 heterocycles. The molecular weight excluding hydrogens is 309 g/mol. The van der Waals surface area contributed by atoms with Crippen LogP contribution < -0.4 is 5.32 Å². The molecule has 0 aliphatic heterocycles. The Labute approximate surface area is 103 Å². The van der Waals surface area contributed by atoms with Gasteiger partial charge in [-0.1, -0.05) is 48.2 Å². The molecule has 0 bridgehead atoms. The summed E-state index contributed by atoms with van der Waals surface area (Å²) < 4.78 is 0.400. The summed E-state index contributed by atoms with van der Waals surface area (Å²) in [7, 11) is 0. The lowest BCUT2D eigenvalue weighted by Crippen LogP contribution is -2.18. The molecule has 1 aromatic rings. The van der Waals surface area contributed by atoms with E-state index in [0.29, 0.717) is 9.97 Å². The number of rotatable bonds is 4. The molecule has 1 atom stereocenters. The molecule has 14 heavy (non-hydrogen) atoms. The molecule has 0 saturated heterocycles. The Hall–Kier alpha value is -0.0400. The molecule has 0 spiro atoms. The van der Waals surface area contributed by atoms with Crippen LogP contribution in [0.15, 0.2) is 17.4 Å². The molecule has 0 aliphatic carbocycles. The summed E-state index contributed by atoms with van der Waals surface area (Å²) in [6, 6.07) is 1.90. The molecule has 0 radical (unpaired) electrons. The lowest BCUT2D eigenvalue weighted by molar-refractivity contribution is 0.666. The van der Waals surface area contributed by atoms with E-state index in [1.165, 1.54) is 0 Å². The van der Waals surface area contributed by atoms with Crippen LogP contribution in [0.1, 0.15) is 13.8 Å². The summed E-state index contributed by atoms with van der Waals surface area (Å²) in [6.45, 7) is 4.36. The van der Waals surface area contributed by atoms with Crippen LogP contribution in [0, 0.1) is 5.92 Å². The van der Waals surface area contributed by atoms with E-state index in [2.05, 4.69) is 51.7 Å².